The molecule has 0 radical (unpaired) electrons. The molecule has 1 aromatic rings. The van der Waals surface area contributed by atoms with Gasteiger partial charge in [-0.15, -0.1) is 11.8 Å². The van der Waals surface area contributed by atoms with Crippen LogP contribution in [0.15, 0.2) is 23.1 Å². The Morgan fingerprint density at radius 1 is 1.36 bits per heavy atom. The molecule has 0 saturated carbocycles. The number of benzene rings is 1. The summed E-state index contributed by atoms with van der Waals surface area (Å²) in [4.78, 5) is 1.23. The third-order valence-corrected chi connectivity index (χ3v) is 3.23. The molecule has 0 aliphatic carbocycles. The molecule has 2 N–H and O–H groups in total. The zero-order valence-corrected chi connectivity index (χ0v) is 10.0. The predicted molar refractivity (Wildman–Crippen MR) is 65.8 cm³/mol. The van der Waals surface area contributed by atoms with E-state index in [2.05, 4.69) is 32.9 Å². The molecule has 0 spiro atoms. The molecule has 0 aromatic heterocycles. The molecule has 0 saturated heterocycles. The number of nitrogens with two attached hydrogens (primary N) is 1. The minimum Gasteiger partial charge on any atom is -0.398 e. The third-order valence-electron chi connectivity index (χ3n) is 2.12. The van der Waals surface area contributed by atoms with Gasteiger partial charge in [0.2, 0.25) is 0 Å². The van der Waals surface area contributed by atoms with Crippen molar-refractivity contribution < 1.29 is 0 Å². The van der Waals surface area contributed by atoms with Gasteiger partial charge in [-0.05, 0) is 42.7 Å². The number of hydrogen-bond acceptors (Lipinski definition) is 2. The van der Waals surface area contributed by atoms with E-state index in [1.807, 2.05) is 17.8 Å². The largest absolute Gasteiger partial charge is 0.398 e. The number of aryl methyl sites for hydroxylation is 1. The zero-order chi connectivity index (χ0) is 10.6. The molecular formula is C12H19NS. The van der Waals surface area contributed by atoms with Gasteiger partial charge in [-0.1, -0.05) is 19.9 Å². The Morgan fingerprint density at radius 2 is 2.07 bits per heavy atom. The van der Waals surface area contributed by atoms with Gasteiger partial charge >= 0.3 is 0 Å². The lowest BCUT2D eigenvalue weighted by Crippen LogP contribution is -1.92. The van der Waals surface area contributed by atoms with Gasteiger partial charge in [-0.2, -0.15) is 0 Å². The molecule has 2 heteroatoms. The van der Waals surface area contributed by atoms with E-state index in [0.29, 0.717) is 0 Å². The summed E-state index contributed by atoms with van der Waals surface area (Å²) in [6.07, 6.45) is 1.25. The predicted octanol–water partition coefficient (Wildman–Crippen LogP) is 3.72. The van der Waals surface area contributed by atoms with Crippen LogP contribution in [0, 0.1) is 12.8 Å². The summed E-state index contributed by atoms with van der Waals surface area (Å²) >= 11 is 1.86. The molecule has 78 valence electrons. The molecule has 1 rings (SSSR count). The smallest absolute Gasteiger partial charge is 0.0452 e. The first-order valence-corrected chi connectivity index (χ1v) is 6.07. The van der Waals surface area contributed by atoms with Crippen LogP contribution in [0.25, 0.3) is 0 Å². The lowest BCUT2D eigenvalue weighted by molar-refractivity contribution is 0.632. The van der Waals surface area contributed by atoms with Gasteiger partial charge in [0.15, 0.2) is 0 Å². The molecule has 0 unspecified atom stereocenters. The molecule has 0 amide bonds. The molecule has 14 heavy (non-hydrogen) atoms. The Kier molecular flexibility index (Phi) is 4.33. The Balaban J connectivity index is 2.53. The van der Waals surface area contributed by atoms with Gasteiger partial charge in [-0.3, -0.25) is 0 Å². The maximum atomic E-state index is 5.89. The van der Waals surface area contributed by atoms with Crippen molar-refractivity contribution in [2.24, 2.45) is 5.92 Å². The van der Waals surface area contributed by atoms with Crippen LogP contribution in [-0.4, -0.2) is 5.75 Å². The van der Waals surface area contributed by atoms with Crippen molar-refractivity contribution in [3.63, 3.8) is 0 Å². The molecule has 0 heterocycles. The molecule has 1 nitrogen and oxygen atoms in total. The molecule has 1 aromatic carbocycles. The first-order chi connectivity index (χ1) is 6.59. The van der Waals surface area contributed by atoms with Crippen LogP contribution in [0.4, 0.5) is 5.69 Å². The molecule has 0 aliphatic rings. The first kappa shape index (κ1) is 11.4. The van der Waals surface area contributed by atoms with Crippen LogP contribution in [0.1, 0.15) is 25.8 Å². The summed E-state index contributed by atoms with van der Waals surface area (Å²) < 4.78 is 0. The SMILES string of the molecule is Cc1ccc(N)c(SCCC(C)C)c1. The summed E-state index contributed by atoms with van der Waals surface area (Å²) in [5, 5.41) is 0. The van der Waals surface area contributed by atoms with Crippen LogP contribution in [0.2, 0.25) is 0 Å². The molecule has 0 atom stereocenters. The van der Waals surface area contributed by atoms with Crippen LogP contribution in [-0.2, 0) is 0 Å². The van der Waals surface area contributed by atoms with Crippen LogP contribution < -0.4 is 5.73 Å². The number of anilines is 1. The van der Waals surface area contributed by atoms with E-state index in [1.165, 1.54) is 16.9 Å². The van der Waals surface area contributed by atoms with Gasteiger partial charge in [-0.25, -0.2) is 0 Å². The van der Waals surface area contributed by atoms with Gasteiger partial charge in [0, 0.05) is 10.6 Å². The molecule has 0 aliphatic heterocycles. The van der Waals surface area contributed by atoms with E-state index < -0.39 is 0 Å². The fourth-order valence-corrected chi connectivity index (χ4v) is 2.48. The van der Waals surface area contributed by atoms with Crippen molar-refractivity contribution in [1.82, 2.24) is 0 Å². The van der Waals surface area contributed by atoms with E-state index in [-0.39, 0.29) is 0 Å². The van der Waals surface area contributed by atoms with E-state index in [1.54, 1.807) is 0 Å². The second-order valence-corrected chi connectivity index (χ2v) is 5.21. The maximum Gasteiger partial charge on any atom is 0.0452 e. The Bertz CT molecular complexity index is 294. The summed E-state index contributed by atoms with van der Waals surface area (Å²) in [6.45, 7) is 6.60. The summed E-state index contributed by atoms with van der Waals surface area (Å²) in [6, 6.07) is 6.22. The topological polar surface area (TPSA) is 26.0 Å². The Morgan fingerprint density at radius 3 is 2.71 bits per heavy atom. The zero-order valence-electron chi connectivity index (χ0n) is 9.21. The van der Waals surface area contributed by atoms with E-state index in [0.717, 1.165) is 17.4 Å². The Hall–Kier alpha value is -0.630. The van der Waals surface area contributed by atoms with E-state index in [4.69, 9.17) is 5.73 Å². The Labute approximate surface area is 91.1 Å². The van der Waals surface area contributed by atoms with Gasteiger partial charge in [0.25, 0.3) is 0 Å². The van der Waals surface area contributed by atoms with E-state index >= 15 is 0 Å². The monoisotopic (exact) mass is 209 g/mol. The second-order valence-electron chi connectivity index (χ2n) is 4.07. The number of hydrogen-bond donors (Lipinski definition) is 1. The quantitative estimate of drug-likeness (QED) is 0.604. The lowest BCUT2D eigenvalue weighted by Gasteiger charge is -2.07. The van der Waals surface area contributed by atoms with Crippen LogP contribution >= 0.6 is 11.8 Å². The first-order valence-electron chi connectivity index (χ1n) is 5.08. The standard InChI is InChI=1S/C12H19NS/c1-9(2)6-7-14-12-8-10(3)4-5-11(12)13/h4-5,8-9H,6-7,13H2,1-3H3. The highest BCUT2D eigenvalue weighted by atomic mass is 32.2. The van der Waals surface area contributed by atoms with Crippen molar-refractivity contribution in [3.05, 3.63) is 23.8 Å². The van der Waals surface area contributed by atoms with Crippen molar-refractivity contribution in [3.8, 4) is 0 Å². The van der Waals surface area contributed by atoms with Crippen molar-refractivity contribution in [1.29, 1.82) is 0 Å². The van der Waals surface area contributed by atoms with Crippen LogP contribution in [0.5, 0.6) is 0 Å². The van der Waals surface area contributed by atoms with Gasteiger partial charge in [0.05, 0.1) is 0 Å². The highest BCUT2D eigenvalue weighted by molar-refractivity contribution is 7.99. The normalized spacial score (nSPS) is 10.9. The van der Waals surface area contributed by atoms with Crippen molar-refractivity contribution in [2.75, 3.05) is 11.5 Å². The lowest BCUT2D eigenvalue weighted by atomic mass is 10.2. The maximum absolute atomic E-state index is 5.89. The summed E-state index contributed by atoms with van der Waals surface area (Å²) in [5.41, 5.74) is 8.08. The molecule has 0 bridgehead atoms. The van der Waals surface area contributed by atoms with Crippen molar-refractivity contribution >= 4 is 17.4 Å². The minimum absolute atomic E-state index is 0.772. The van der Waals surface area contributed by atoms with Gasteiger partial charge < -0.3 is 5.73 Å². The highest BCUT2D eigenvalue weighted by Gasteiger charge is 2.01. The second kappa shape index (κ2) is 5.30. The van der Waals surface area contributed by atoms with Crippen molar-refractivity contribution in [2.45, 2.75) is 32.1 Å². The molecule has 0 fully saturated rings. The fourth-order valence-electron chi connectivity index (χ4n) is 1.17. The van der Waals surface area contributed by atoms with Gasteiger partial charge in [0.1, 0.15) is 0 Å². The number of nitrogen functional groups attached to an aromatic ring is 1. The fraction of sp³-hybridized carbons (Fsp3) is 0.500. The third kappa shape index (κ3) is 3.62. The number of rotatable bonds is 4. The average Bonchev–Trinajstić information content (AvgIpc) is 2.10. The average molecular weight is 209 g/mol. The highest BCUT2D eigenvalue weighted by Crippen LogP contribution is 2.27. The number of thioether (sulfide) groups is 1. The molecular weight excluding hydrogens is 190 g/mol. The minimum atomic E-state index is 0.772. The van der Waals surface area contributed by atoms with Crippen LogP contribution in [0.3, 0.4) is 0 Å². The summed E-state index contributed by atoms with van der Waals surface area (Å²) in [7, 11) is 0. The van der Waals surface area contributed by atoms with E-state index in [9.17, 15) is 0 Å². The summed E-state index contributed by atoms with van der Waals surface area (Å²) in [5.74, 6) is 1.93.